The van der Waals surface area contributed by atoms with Crippen LogP contribution in [0.4, 0.5) is 0 Å². The number of nitrogens with zero attached hydrogens (tertiary/aromatic N) is 2. The van der Waals surface area contributed by atoms with E-state index in [4.69, 9.17) is 14.5 Å². The Morgan fingerprint density at radius 2 is 2.12 bits per heavy atom. The number of aryl methyl sites for hydroxylation is 1. The summed E-state index contributed by atoms with van der Waals surface area (Å²) >= 11 is 1.61. The largest absolute Gasteiger partial charge is 0.497 e. The molecule has 0 unspecified atom stereocenters. The van der Waals surface area contributed by atoms with E-state index in [2.05, 4.69) is 13.0 Å². The lowest BCUT2D eigenvalue weighted by Crippen LogP contribution is -2.19. The van der Waals surface area contributed by atoms with E-state index in [1.165, 1.54) is 4.88 Å². The second kappa shape index (κ2) is 6.61. The predicted molar refractivity (Wildman–Crippen MR) is 105 cm³/mol. The van der Waals surface area contributed by atoms with E-state index in [-0.39, 0.29) is 5.56 Å². The van der Waals surface area contributed by atoms with Crippen LogP contribution in [0.5, 0.6) is 11.5 Å². The average Bonchev–Trinajstić information content (AvgIpc) is 3.27. The fourth-order valence-corrected chi connectivity index (χ4v) is 4.26. The van der Waals surface area contributed by atoms with Gasteiger partial charge < -0.3 is 9.47 Å². The third kappa shape index (κ3) is 2.70. The van der Waals surface area contributed by atoms with Gasteiger partial charge in [0.1, 0.15) is 22.2 Å². The minimum absolute atomic E-state index is 0.0612. The molecule has 26 heavy (non-hydrogen) atoms. The van der Waals surface area contributed by atoms with Gasteiger partial charge in [0.25, 0.3) is 5.56 Å². The van der Waals surface area contributed by atoms with Crippen LogP contribution in [0, 0.1) is 0 Å². The Bertz CT molecular complexity index is 1080. The van der Waals surface area contributed by atoms with Gasteiger partial charge >= 0.3 is 0 Å². The van der Waals surface area contributed by atoms with E-state index in [0.717, 1.165) is 51.5 Å². The zero-order valence-electron chi connectivity index (χ0n) is 15.0. The summed E-state index contributed by atoms with van der Waals surface area (Å²) in [5, 5.41) is 0.735. The summed E-state index contributed by atoms with van der Waals surface area (Å²) in [6.07, 6.45) is 3.76. The molecular weight excluding hydrogens is 348 g/mol. The second-order valence-corrected chi connectivity index (χ2v) is 7.32. The standard InChI is InChI=1S/C20H20N2O3S/c1-4-15-11-16-19(26-15)21-18-13(7-8-22(18)20(16)23)9-12-5-6-14(24-2)10-17(12)25-3/h5-6,9-11H,4,7-8H2,1-3H3/b13-9+. The van der Waals surface area contributed by atoms with Crippen LogP contribution >= 0.6 is 11.3 Å². The molecule has 6 heteroatoms. The summed E-state index contributed by atoms with van der Waals surface area (Å²) in [5.41, 5.74) is 2.07. The summed E-state index contributed by atoms with van der Waals surface area (Å²) in [5.74, 6) is 2.26. The third-order valence-electron chi connectivity index (χ3n) is 4.71. The number of hydrogen-bond donors (Lipinski definition) is 0. The summed E-state index contributed by atoms with van der Waals surface area (Å²) in [6, 6.07) is 7.71. The van der Waals surface area contributed by atoms with Crippen LogP contribution < -0.4 is 15.0 Å². The number of methoxy groups -OCH3 is 2. The van der Waals surface area contributed by atoms with Gasteiger partial charge in [-0.05, 0) is 42.7 Å². The van der Waals surface area contributed by atoms with Gasteiger partial charge in [-0.25, -0.2) is 4.98 Å². The molecule has 0 atom stereocenters. The van der Waals surface area contributed by atoms with Gasteiger partial charge in [0.2, 0.25) is 0 Å². The molecule has 5 nitrogen and oxygen atoms in total. The first kappa shape index (κ1) is 16.8. The van der Waals surface area contributed by atoms with Gasteiger partial charge in [-0.2, -0.15) is 0 Å². The molecule has 1 aromatic carbocycles. The van der Waals surface area contributed by atoms with Crippen molar-refractivity contribution in [1.29, 1.82) is 0 Å². The van der Waals surface area contributed by atoms with E-state index in [1.54, 1.807) is 30.1 Å². The summed E-state index contributed by atoms with van der Waals surface area (Å²) in [7, 11) is 3.27. The first-order valence-corrected chi connectivity index (χ1v) is 9.42. The zero-order chi connectivity index (χ0) is 18.3. The highest BCUT2D eigenvalue weighted by Gasteiger charge is 2.22. The van der Waals surface area contributed by atoms with Gasteiger partial charge in [0, 0.05) is 23.1 Å². The molecule has 0 radical (unpaired) electrons. The monoisotopic (exact) mass is 368 g/mol. The number of fused-ring (bicyclic) bond motifs is 2. The fourth-order valence-electron chi connectivity index (χ4n) is 3.30. The van der Waals surface area contributed by atoms with E-state index in [0.29, 0.717) is 6.54 Å². The maximum atomic E-state index is 12.8. The molecule has 0 spiro atoms. The van der Waals surface area contributed by atoms with Crippen LogP contribution in [0.3, 0.4) is 0 Å². The number of ether oxygens (including phenoxy) is 2. The molecule has 0 amide bonds. The van der Waals surface area contributed by atoms with Gasteiger partial charge in [0.05, 0.1) is 19.6 Å². The minimum atomic E-state index is 0.0612. The molecule has 3 aromatic rings. The molecule has 3 heterocycles. The molecule has 0 N–H and O–H groups in total. The lowest BCUT2D eigenvalue weighted by atomic mass is 10.1. The first-order chi connectivity index (χ1) is 12.6. The van der Waals surface area contributed by atoms with Crippen LogP contribution in [-0.2, 0) is 13.0 Å². The van der Waals surface area contributed by atoms with Gasteiger partial charge in [0.15, 0.2) is 0 Å². The number of benzene rings is 1. The van der Waals surface area contributed by atoms with Crippen molar-refractivity contribution in [3.05, 3.63) is 50.9 Å². The Labute approximate surface area is 155 Å². The predicted octanol–water partition coefficient (Wildman–Crippen LogP) is 3.98. The van der Waals surface area contributed by atoms with Gasteiger partial charge in [-0.15, -0.1) is 11.3 Å². The second-order valence-electron chi connectivity index (χ2n) is 6.20. The van der Waals surface area contributed by atoms with Crippen molar-refractivity contribution in [3.8, 4) is 11.5 Å². The van der Waals surface area contributed by atoms with Crippen LogP contribution in [0.1, 0.15) is 29.6 Å². The molecule has 0 aliphatic carbocycles. The molecule has 1 aliphatic heterocycles. The van der Waals surface area contributed by atoms with Crippen molar-refractivity contribution in [3.63, 3.8) is 0 Å². The Hall–Kier alpha value is -2.60. The van der Waals surface area contributed by atoms with Gasteiger partial charge in [-0.1, -0.05) is 6.92 Å². The highest BCUT2D eigenvalue weighted by atomic mass is 32.1. The minimum Gasteiger partial charge on any atom is -0.497 e. The smallest absolute Gasteiger partial charge is 0.262 e. The van der Waals surface area contributed by atoms with Gasteiger partial charge in [-0.3, -0.25) is 9.36 Å². The summed E-state index contributed by atoms with van der Waals surface area (Å²) in [6.45, 7) is 2.76. The van der Waals surface area contributed by atoms with Crippen molar-refractivity contribution >= 4 is 33.2 Å². The third-order valence-corrected chi connectivity index (χ3v) is 5.89. The molecule has 1 aliphatic rings. The Morgan fingerprint density at radius 1 is 1.27 bits per heavy atom. The van der Waals surface area contributed by atoms with Crippen LogP contribution in [0.25, 0.3) is 21.9 Å². The Balaban J connectivity index is 1.84. The quantitative estimate of drug-likeness (QED) is 0.699. The molecule has 2 aromatic heterocycles. The Morgan fingerprint density at radius 3 is 2.85 bits per heavy atom. The lowest BCUT2D eigenvalue weighted by molar-refractivity contribution is 0.394. The van der Waals surface area contributed by atoms with Crippen molar-refractivity contribution in [1.82, 2.24) is 9.55 Å². The fraction of sp³-hybridized carbons (Fsp3) is 0.300. The average molecular weight is 368 g/mol. The molecule has 134 valence electrons. The van der Waals surface area contributed by atoms with E-state index in [1.807, 2.05) is 24.3 Å². The number of thiophene rings is 1. The molecule has 0 saturated heterocycles. The van der Waals surface area contributed by atoms with Crippen LogP contribution in [0.2, 0.25) is 0 Å². The molecule has 4 rings (SSSR count). The maximum Gasteiger partial charge on any atom is 0.262 e. The number of rotatable bonds is 4. The van der Waals surface area contributed by atoms with Crippen molar-refractivity contribution in [2.45, 2.75) is 26.3 Å². The topological polar surface area (TPSA) is 53.4 Å². The maximum absolute atomic E-state index is 12.8. The van der Waals surface area contributed by atoms with E-state index < -0.39 is 0 Å². The van der Waals surface area contributed by atoms with Crippen molar-refractivity contribution in [2.75, 3.05) is 14.2 Å². The molecular formula is C20H20N2O3S. The number of hydrogen-bond acceptors (Lipinski definition) is 5. The van der Waals surface area contributed by atoms with Crippen molar-refractivity contribution < 1.29 is 9.47 Å². The van der Waals surface area contributed by atoms with E-state index in [9.17, 15) is 4.79 Å². The Kier molecular flexibility index (Phi) is 4.28. The highest BCUT2D eigenvalue weighted by Crippen LogP contribution is 2.33. The van der Waals surface area contributed by atoms with E-state index >= 15 is 0 Å². The SMILES string of the molecule is CCc1cc2c(=O)n3c(nc2s1)/C(=C/c1ccc(OC)cc1OC)CC3. The summed E-state index contributed by atoms with van der Waals surface area (Å²) in [4.78, 5) is 19.6. The zero-order valence-corrected chi connectivity index (χ0v) is 15.9. The number of aromatic nitrogens is 2. The van der Waals surface area contributed by atoms with Crippen molar-refractivity contribution in [2.24, 2.45) is 0 Å². The van der Waals surface area contributed by atoms with Crippen LogP contribution in [-0.4, -0.2) is 23.8 Å². The molecule has 0 saturated carbocycles. The lowest BCUT2D eigenvalue weighted by Gasteiger charge is -2.08. The first-order valence-electron chi connectivity index (χ1n) is 8.60. The van der Waals surface area contributed by atoms with Crippen LogP contribution in [0.15, 0.2) is 29.1 Å². The summed E-state index contributed by atoms with van der Waals surface area (Å²) < 4.78 is 12.5. The normalized spacial score (nSPS) is 14.8. The molecule has 0 bridgehead atoms. The highest BCUT2D eigenvalue weighted by molar-refractivity contribution is 7.18. The number of allylic oxidation sites excluding steroid dienone is 1. The molecule has 0 fully saturated rings.